The lowest BCUT2D eigenvalue weighted by Crippen LogP contribution is -2.48. The largest absolute Gasteiger partial charge is 0.366 e. The first-order chi connectivity index (χ1) is 18.5. The standard InChI is InChI=1S/C28H30FN5O3S/c29-22-5-1-4-20(18-22)26(35)31-23-19-21(27(36)33-11-3-9-30-10-12-33)7-8-24(23)32-13-15-34(16-14-32)28(37)25-6-2-17-38-25/h1-2,4-8,17-19,30H,3,9-16H2,(H,31,35). The highest BCUT2D eigenvalue weighted by atomic mass is 32.1. The van der Waals surface area contributed by atoms with E-state index in [2.05, 4.69) is 15.5 Å². The van der Waals surface area contributed by atoms with Gasteiger partial charge in [-0.2, -0.15) is 0 Å². The number of thiophene rings is 1. The van der Waals surface area contributed by atoms with E-state index in [4.69, 9.17) is 0 Å². The second-order valence-corrected chi connectivity index (χ2v) is 10.3. The van der Waals surface area contributed by atoms with Crippen molar-refractivity contribution in [2.75, 3.05) is 62.6 Å². The van der Waals surface area contributed by atoms with Gasteiger partial charge in [-0.25, -0.2) is 4.39 Å². The van der Waals surface area contributed by atoms with Crippen LogP contribution in [-0.2, 0) is 0 Å². The molecule has 198 valence electrons. The molecule has 2 aliphatic heterocycles. The second-order valence-electron chi connectivity index (χ2n) is 9.35. The summed E-state index contributed by atoms with van der Waals surface area (Å²) >= 11 is 1.43. The van der Waals surface area contributed by atoms with Crippen LogP contribution in [-0.4, -0.2) is 79.9 Å². The Hall–Kier alpha value is -3.76. The van der Waals surface area contributed by atoms with Gasteiger partial charge in [-0.3, -0.25) is 14.4 Å². The molecule has 8 nitrogen and oxygen atoms in total. The molecular formula is C28H30FN5O3S. The zero-order chi connectivity index (χ0) is 26.5. The van der Waals surface area contributed by atoms with E-state index in [9.17, 15) is 18.8 Å². The molecule has 3 heterocycles. The normalized spacial score (nSPS) is 16.2. The third-order valence-corrected chi connectivity index (χ3v) is 7.70. The number of rotatable bonds is 5. The second kappa shape index (κ2) is 11.7. The maximum absolute atomic E-state index is 13.8. The van der Waals surface area contributed by atoms with Crippen LogP contribution in [0.15, 0.2) is 60.0 Å². The number of carbonyl (C=O) groups excluding carboxylic acids is 3. The van der Waals surface area contributed by atoms with E-state index in [1.165, 1.54) is 29.5 Å². The van der Waals surface area contributed by atoms with Gasteiger partial charge in [0.15, 0.2) is 0 Å². The van der Waals surface area contributed by atoms with Gasteiger partial charge in [-0.15, -0.1) is 11.3 Å². The summed E-state index contributed by atoms with van der Waals surface area (Å²) in [7, 11) is 0. The molecule has 0 spiro atoms. The summed E-state index contributed by atoms with van der Waals surface area (Å²) in [6.45, 7) is 5.12. The van der Waals surface area contributed by atoms with Crippen LogP contribution >= 0.6 is 11.3 Å². The number of anilines is 2. The molecule has 2 fully saturated rings. The Morgan fingerprint density at radius 3 is 2.39 bits per heavy atom. The highest BCUT2D eigenvalue weighted by molar-refractivity contribution is 7.12. The highest BCUT2D eigenvalue weighted by Crippen LogP contribution is 2.30. The average molecular weight is 536 g/mol. The molecule has 0 saturated carbocycles. The fraction of sp³-hybridized carbons (Fsp3) is 0.321. The van der Waals surface area contributed by atoms with Crippen molar-refractivity contribution in [3.63, 3.8) is 0 Å². The first-order valence-corrected chi connectivity index (χ1v) is 13.7. The van der Waals surface area contributed by atoms with E-state index in [-0.39, 0.29) is 17.4 Å². The minimum Gasteiger partial charge on any atom is -0.366 e. The third-order valence-electron chi connectivity index (χ3n) is 6.85. The van der Waals surface area contributed by atoms with Gasteiger partial charge in [0.25, 0.3) is 17.7 Å². The molecule has 10 heteroatoms. The number of benzene rings is 2. The van der Waals surface area contributed by atoms with Gasteiger partial charge in [0.05, 0.1) is 16.3 Å². The maximum Gasteiger partial charge on any atom is 0.264 e. The number of amides is 3. The molecule has 0 unspecified atom stereocenters. The number of hydrogen-bond donors (Lipinski definition) is 2. The van der Waals surface area contributed by atoms with Crippen molar-refractivity contribution in [3.05, 3.63) is 81.8 Å². The Morgan fingerprint density at radius 2 is 1.63 bits per heavy atom. The van der Waals surface area contributed by atoms with Crippen LogP contribution in [0.4, 0.5) is 15.8 Å². The SMILES string of the molecule is O=C(Nc1cc(C(=O)N2CCCNCC2)ccc1N1CCN(C(=O)c2cccs2)CC1)c1cccc(F)c1. The summed E-state index contributed by atoms with van der Waals surface area (Å²) in [5.41, 5.74) is 1.91. The summed E-state index contributed by atoms with van der Waals surface area (Å²) in [5, 5.41) is 8.10. The predicted octanol–water partition coefficient (Wildman–Crippen LogP) is 3.54. The van der Waals surface area contributed by atoms with Crippen LogP contribution in [0.2, 0.25) is 0 Å². The van der Waals surface area contributed by atoms with Gasteiger partial charge in [0, 0.05) is 56.9 Å². The first kappa shape index (κ1) is 25.9. The predicted molar refractivity (Wildman–Crippen MR) is 147 cm³/mol. The summed E-state index contributed by atoms with van der Waals surface area (Å²) < 4.78 is 13.8. The van der Waals surface area contributed by atoms with Crippen molar-refractivity contribution < 1.29 is 18.8 Å². The van der Waals surface area contributed by atoms with Crippen molar-refractivity contribution in [1.29, 1.82) is 0 Å². The van der Waals surface area contributed by atoms with Crippen LogP contribution < -0.4 is 15.5 Å². The van der Waals surface area contributed by atoms with E-state index < -0.39 is 11.7 Å². The molecule has 0 aliphatic carbocycles. The lowest BCUT2D eigenvalue weighted by atomic mass is 10.1. The molecule has 0 atom stereocenters. The van der Waals surface area contributed by atoms with Crippen LogP contribution in [0.5, 0.6) is 0 Å². The first-order valence-electron chi connectivity index (χ1n) is 12.8. The minimum atomic E-state index is -0.497. The van der Waals surface area contributed by atoms with E-state index in [1.54, 1.807) is 18.2 Å². The minimum absolute atomic E-state index is 0.0205. The van der Waals surface area contributed by atoms with Crippen LogP contribution in [0.1, 0.15) is 36.8 Å². The lowest BCUT2D eigenvalue weighted by Gasteiger charge is -2.37. The molecule has 5 rings (SSSR count). The van der Waals surface area contributed by atoms with E-state index in [0.717, 1.165) is 25.2 Å². The van der Waals surface area contributed by atoms with Crippen molar-refractivity contribution in [3.8, 4) is 0 Å². The molecule has 2 N–H and O–H groups in total. The number of nitrogens with one attached hydrogen (secondary N) is 2. The van der Waals surface area contributed by atoms with Crippen molar-refractivity contribution in [1.82, 2.24) is 15.1 Å². The Balaban J connectivity index is 1.38. The Bertz CT molecular complexity index is 1300. The molecule has 0 bridgehead atoms. The average Bonchev–Trinajstić information content (AvgIpc) is 3.35. The Kier molecular flexibility index (Phi) is 8.00. The third kappa shape index (κ3) is 5.87. The van der Waals surface area contributed by atoms with Gasteiger partial charge >= 0.3 is 0 Å². The summed E-state index contributed by atoms with van der Waals surface area (Å²) in [6, 6.07) is 14.5. The van der Waals surface area contributed by atoms with Crippen LogP contribution in [0, 0.1) is 5.82 Å². The van der Waals surface area contributed by atoms with Gasteiger partial charge in [0.2, 0.25) is 0 Å². The van der Waals surface area contributed by atoms with Crippen molar-refractivity contribution >= 4 is 40.4 Å². The lowest BCUT2D eigenvalue weighted by molar-refractivity contribution is 0.0748. The summed E-state index contributed by atoms with van der Waals surface area (Å²) in [5.74, 6) is -1.02. The number of carbonyl (C=O) groups is 3. The summed E-state index contributed by atoms with van der Waals surface area (Å²) in [4.78, 5) is 45.6. The molecule has 3 aromatic rings. The number of hydrogen-bond acceptors (Lipinski definition) is 6. The van der Waals surface area contributed by atoms with Crippen LogP contribution in [0.25, 0.3) is 0 Å². The quantitative estimate of drug-likeness (QED) is 0.522. The molecule has 1 aromatic heterocycles. The van der Waals surface area contributed by atoms with E-state index >= 15 is 0 Å². The Labute approximate surface area is 225 Å². The monoisotopic (exact) mass is 535 g/mol. The van der Waals surface area contributed by atoms with E-state index in [1.807, 2.05) is 33.4 Å². The smallest absolute Gasteiger partial charge is 0.264 e. The Morgan fingerprint density at radius 1 is 0.816 bits per heavy atom. The zero-order valence-corrected chi connectivity index (χ0v) is 21.8. The fourth-order valence-corrected chi connectivity index (χ4v) is 5.50. The number of piperazine rings is 1. The van der Waals surface area contributed by atoms with Gasteiger partial charge in [-0.05, 0) is 60.8 Å². The summed E-state index contributed by atoms with van der Waals surface area (Å²) in [6.07, 6.45) is 0.876. The van der Waals surface area contributed by atoms with Gasteiger partial charge in [0.1, 0.15) is 5.82 Å². The molecule has 2 aliphatic rings. The molecule has 0 radical (unpaired) electrons. The van der Waals surface area contributed by atoms with E-state index in [0.29, 0.717) is 55.4 Å². The van der Waals surface area contributed by atoms with Crippen molar-refractivity contribution in [2.45, 2.75) is 6.42 Å². The van der Waals surface area contributed by atoms with Crippen LogP contribution in [0.3, 0.4) is 0 Å². The fourth-order valence-electron chi connectivity index (χ4n) is 4.81. The molecule has 2 saturated heterocycles. The molecule has 38 heavy (non-hydrogen) atoms. The molecule has 2 aromatic carbocycles. The highest BCUT2D eigenvalue weighted by Gasteiger charge is 2.26. The number of nitrogens with zero attached hydrogens (tertiary/aromatic N) is 3. The topological polar surface area (TPSA) is 85.0 Å². The van der Waals surface area contributed by atoms with Gasteiger partial charge in [-0.1, -0.05) is 12.1 Å². The molecule has 3 amide bonds. The van der Waals surface area contributed by atoms with Gasteiger partial charge < -0.3 is 25.3 Å². The maximum atomic E-state index is 13.8. The number of halogens is 1. The zero-order valence-electron chi connectivity index (χ0n) is 21.0. The van der Waals surface area contributed by atoms with Crippen molar-refractivity contribution in [2.24, 2.45) is 0 Å². The molecular weight excluding hydrogens is 505 g/mol.